The average Bonchev–Trinajstić information content (AvgIpc) is 2.36. The summed E-state index contributed by atoms with van der Waals surface area (Å²) in [6.07, 6.45) is 0. The van der Waals surface area contributed by atoms with Crippen LogP contribution in [0.4, 0.5) is 0 Å². The first-order valence-corrected chi connectivity index (χ1v) is 4.98. The highest BCUT2D eigenvalue weighted by molar-refractivity contribution is 5.96. The summed E-state index contributed by atoms with van der Waals surface area (Å²) in [7, 11) is 2.89. The summed E-state index contributed by atoms with van der Waals surface area (Å²) in [5, 5.41) is 0. The lowest BCUT2D eigenvalue weighted by molar-refractivity contribution is -0.144. The van der Waals surface area contributed by atoms with Crippen LogP contribution in [0.1, 0.15) is 17.3 Å². The van der Waals surface area contributed by atoms with E-state index < -0.39 is 12.0 Å². The molecule has 0 radical (unpaired) electrons. The Bertz CT molecular complexity index is 375. The van der Waals surface area contributed by atoms with Crippen molar-refractivity contribution in [1.29, 1.82) is 0 Å². The van der Waals surface area contributed by atoms with Crippen molar-refractivity contribution in [2.45, 2.75) is 13.0 Å². The third-order valence-corrected chi connectivity index (χ3v) is 2.46. The second-order valence-corrected chi connectivity index (χ2v) is 3.48. The van der Waals surface area contributed by atoms with Crippen LogP contribution in [0.5, 0.6) is 0 Å². The molecule has 0 N–H and O–H groups in total. The molecule has 0 saturated carbocycles. The molecule has 0 aliphatic heterocycles. The van der Waals surface area contributed by atoms with Crippen molar-refractivity contribution in [1.82, 2.24) is 4.90 Å². The van der Waals surface area contributed by atoms with Gasteiger partial charge in [-0.05, 0) is 19.1 Å². The van der Waals surface area contributed by atoms with E-state index in [2.05, 4.69) is 4.74 Å². The average molecular weight is 221 g/mol. The first-order valence-electron chi connectivity index (χ1n) is 4.98. The SMILES string of the molecule is COC(=O)C(C)N(C)C(=O)c1ccccc1. The van der Waals surface area contributed by atoms with Gasteiger partial charge in [0.2, 0.25) is 0 Å². The molecular formula is C12H15NO3. The van der Waals surface area contributed by atoms with Gasteiger partial charge in [-0.15, -0.1) is 0 Å². The largest absolute Gasteiger partial charge is 0.467 e. The molecule has 16 heavy (non-hydrogen) atoms. The van der Waals surface area contributed by atoms with Gasteiger partial charge in [-0.2, -0.15) is 0 Å². The second kappa shape index (κ2) is 5.30. The smallest absolute Gasteiger partial charge is 0.328 e. The monoisotopic (exact) mass is 221 g/mol. The fourth-order valence-electron chi connectivity index (χ4n) is 1.29. The van der Waals surface area contributed by atoms with Crippen LogP contribution in [0.2, 0.25) is 0 Å². The predicted octanol–water partition coefficient (Wildman–Crippen LogP) is 1.32. The van der Waals surface area contributed by atoms with Crippen LogP contribution in [-0.4, -0.2) is 37.0 Å². The van der Waals surface area contributed by atoms with Gasteiger partial charge in [0.15, 0.2) is 0 Å². The lowest BCUT2D eigenvalue weighted by Gasteiger charge is -2.22. The summed E-state index contributed by atoms with van der Waals surface area (Å²) in [5.74, 6) is -0.620. The molecule has 86 valence electrons. The van der Waals surface area contributed by atoms with E-state index in [4.69, 9.17) is 0 Å². The number of carbonyl (C=O) groups excluding carboxylic acids is 2. The Morgan fingerprint density at radius 1 is 1.25 bits per heavy atom. The van der Waals surface area contributed by atoms with Crippen LogP contribution < -0.4 is 0 Å². The van der Waals surface area contributed by atoms with E-state index in [1.54, 1.807) is 38.2 Å². The van der Waals surface area contributed by atoms with Crippen molar-refractivity contribution >= 4 is 11.9 Å². The predicted molar refractivity (Wildman–Crippen MR) is 60.0 cm³/mol. The molecule has 0 heterocycles. The summed E-state index contributed by atoms with van der Waals surface area (Å²) in [6.45, 7) is 1.63. The highest BCUT2D eigenvalue weighted by Crippen LogP contribution is 2.07. The Balaban J connectivity index is 2.79. The van der Waals surface area contributed by atoms with E-state index in [1.807, 2.05) is 6.07 Å². The zero-order valence-electron chi connectivity index (χ0n) is 9.64. The van der Waals surface area contributed by atoms with Crippen LogP contribution in [0.15, 0.2) is 30.3 Å². The third kappa shape index (κ3) is 2.59. The normalized spacial score (nSPS) is 11.7. The maximum atomic E-state index is 11.9. The van der Waals surface area contributed by atoms with Crippen LogP contribution in [0.3, 0.4) is 0 Å². The molecule has 4 heteroatoms. The van der Waals surface area contributed by atoms with Crippen LogP contribution >= 0.6 is 0 Å². The summed E-state index contributed by atoms with van der Waals surface area (Å²) < 4.78 is 4.59. The fourth-order valence-corrected chi connectivity index (χ4v) is 1.29. The highest BCUT2D eigenvalue weighted by atomic mass is 16.5. The van der Waals surface area contributed by atoms with Gasteiger partial charge in [0.1, 0.15) is 6.04 Å². The number of likely N-dealkylation sites (N-methyl/N-ethyl adjacent to an activating group) is 1. The Labute approximate surface area is 94.8 Å². The third-order valence-electron chi connectivity index (χ3n) is 2.46. The standard InChI is InChI=1S/C12H15NO3/c1-9(12(15)16-3)13(2)11(14)10-7-5-4-6-8-10/h4-9H,1-3H3. The summed E-state index contributed by atoms with van der Waals surface area (Å²) in [4.78, 5) is 24.6. The molecular weight excluding hydrogens is 206 g/mol. The van der Waals surface area contributed by atoms with Crippen molar-refractivity contribution < 1.29 is 14.3 Å². The van der Waals surface area contributed by atoms with Crippen molar-refractivity contribution in [2.24, 2.45) is 0 Å². The van der Waals surface area contributed by atoms with Gasteiger partial charge in [0, 0.05) is 12.6 Å². The molecule has 0 aliphatic rings. The van der Waals surface area contributed by atoms with Gasteiger partial charge in [-0.1, -0.05) is 18.2 Å². The van der Waals surface area contributed by atoms with Gasteiger partial charge in [0.25, 0.3) is 5.91 Å². The number of rotatable bonds is 3. The second-order valence-electron chi connectivity index (χ2n) is 3.48. The number of methoxy groups -OCH3 is 1. The van der Waals surface area contributed by atoms with Gasteiger partial charge < -0.3 is 9.64 Å². The number of hydrogen-bond donors (Lipinski definition) is 0. The van der Waals surface area contributed by atoms with Crippen LogP contribution in [0.25, 0.3) is 0 Å². The molecule has 0 spiro atoms. The number of hydrogen-bond acceptors (Lipinski definition) is 3. The molecule has 1 aromatic carbocycles. The molecule has 1 unspecified atom stereocenters. The molecule has 0 aromatic heterocycles. The van der Waals surface area contributed by atoms with Crippen molar-refractivity contribution in [3.05, 3.63) is 35.9 Å². The zero-order chi connectivity index (χ0) is 12.1. The molecule has 1 aromatic rings. The van der Waals surface area contributed by atoms with E-state index in [9.17, 15) is 9.59 Å². The molecule has 0 saturated heterocycles. The first-order chi connectivity index (χ1) is 7.57. The zero-order valence-corrected chi connectivity index (χ0v) is 9.64. The number of carbonyl (C=O) groups is 2. The van der Waals surface area contributed by atoms with E-state index in [1.165, 1.54) is 12.0 Å². The van der Waals surface area contributed by atoms with Crippen LogP contribution in [0, 0.1) is 0 Å². The number of benzene rings is 1. The summed E-state index contributed by atoms with van der Waals surface area (Å²) in [5.41, 5.74) is 0.556. The van der Waals surface area contributed by atoms with Crippen molar-refractivity contribution in [3.8, 4) is 0 Å². The minimum atomic E-state index is -0.585. The van der Waals surface area contributed by atoms with Gasteiger partial charge >= 0.3 is 5.97 Å². The Kier molecular flexibility index (Phi) is 4.05. The van der Waals surface area contributed by atoms with Gasteiger partial charge in [0.05, 0.1) is 7.11 Å². The van der Waals surface area contributed by atoms with Gasteiger partial charge in [-0.3, -0.25) is 4.79 Å². The molecule has 1 amide bonds. The van der Waals surface area contributed by atoms with Crippen molar-refractivity contribution in [2.75, 3.05) is 14.2 Å². The van der Waals surface area contributed by atoms with E-state index in [-0.39, 0.29) is 5.91 Å². The Morgan fingerprint density at radius 3 is 2.31 bits per heavy atom. The minimum absolute atomic E-state index is 0.196. The number of nitrogens with zero attached hydrogens (tertiary/aromatic N) is 1. The fraction of sp³-hybridized carbons (Fsp3) is 0.333. The lowest BCUT2D eigenvalue weighted by Crippen LogP contribution is -2.40. The summed E-state index contributed by atoms with van der Waals surface area (Å²) >= 11 is 0. The Morgan fingerprint density at radius 2 is 1.81 bits per heavy atom. The highest BCUT2D eigenvalue weighted by Gasteiger charge is 2.23. The lowest BCUT2D eigenvalue weighted by atomic mass is 10.2. The summed E-state index contributed by atoms with van der Waals surface area (Å²) in [6, 6.07) is 8.23. The van der Waals surface area contributed by atoms with Gasteiger partial charge in [-0.25, -0.2) is 4.79 Å². The molecule has 4 nitrogen and oxygen atoms in total. The maximum Gasteiger partial charge on any atom is 0.328 e. The minimum Gasteiger partial charge on any atom is -0.467 e. The van der Waals surface area contributed by atoms with Crippen LogP contribution in [-0.2, 0) is 9.53 Å². The molecule has 1 rings (SSSR count). The molecule has 0 aliphatic carbocycles. The molecule has 0 fully saturated rings. The molecule has 0 bridgehead atoms. The van der Waals surface area contributed by atoms with Crippen molar-refractivity contribution in [3.63, 3.8) is 0 Å². The number of esters is 1. The van der Waals surface area contributed by atoms with E-state index >= 15 is 0 Å². The van der Waals surface area contributed by atoms with E-state index in [0.717, 1.165) is 0 Å². The number of amides is 1. The number of ether oxygens (including phenoxy) is 1. The maximum absolute atomic E-state index is 11.9. The topological polar surface area (TPSA) is 46.6 Å². The first kappa shape index (κ1) is 12.2. The van der Waals surface area contributed by atoms with E-state index in [0.29, 0.717) is 5.56 Å². The Hall–Kier alpha value is -1.84. The molecule has 1 atom stereocenters. The quantitative estimate of drug-likeness (QED) is 0.723.